The Balaban J connectivity index is 2.06. The molecule has 0 fully saturated rings. The zero-order valence-electron chi connectivity index (χ0n) is 12.1. The van der Waals surface area contributed by atoms with E-state index in [4.69, 9.17) is 4.74 Å². The molecule has 1 N–H and O–H groups in total. The molecular weight excluding hydrogens is 290 g/mol. The summed E-state index contributed by atoms with van der Waals surface area (Å²) < 4.78 is 6.56. The summed E-state index contributed by atoms with van der Waals surface area (Å²) >= 11 is 0. The van der Waals surface area contributed by atoms with Gasteiger partial charge in [0, 0.05) is 5.10 Å². The summed E-state index contributed by atoms with van der Waals surface area (Å²) in [5, 5.41) is 16.8. The number of amides is 1. The Bertz CT molecular complexity index is 697. The standard InChI is InChI=1S/C13H15N5O4/c1-3-22-11-6-9(2)4-5-10(11)15-12(19)7-17-8-14-13(16-17)18(20)21/h4-6,8H,3,7H2,1-2H3,(H,15,19). The average molecular weight is 305 g/mol. The smallest absolute Gasteiger partial charge is 0.490 e. The number of hydrogen-bond donors (Lipinski definition) is 1. The van der Waals surface area contributed by atoms with Crippen LogP contribution in [0.1, 0.15) is 12.5 Å². The molecule has 0 atom stereocenters. The maximum atomic E-state index is 12.0. The molecule has 9 heteroatoms. The SMILES string of the molecule is CCOc1cc(C)ccc1NC(=O)Cn1cnc([N+](=O)[O-])n1. The fraction of sp³-hybridized carbons (Fsp3) is 0.308. The molecule has 2 aromatic rings. The number of nitrogens with zero attached hydrogens (tertiary/aromatic N) is 4. The van der Waals surface area contributed by atoms with E-state index in [1.54, 1.807) is 6.07 Å². The number of carbonyl (C=O) groups is 1. The van der Waals surface area contributed by atoms with Gasteiger partial charge < -0.3 is 20.2 Å². The van der Waals surface area contributed by atoms with Crippen LogP contribution in [0.2, 0.25) is 0 Å². The quantitative estimate of drug-likeness (QED) is 0.639. The minimum atomic E-state index is -0.721. The molecule has 0 aliphatic carbocycles. The fourth-order valence-corrected chi connectivity index (χ4v) is 1.79. The van der Waals surface area contributed by atoms with Gasteiger partial charge in [-0.15, -0.1) is 0 Å². The van der Waals surface area contributed by atoms with Crippen LogP contribution in [0.4, 0.5) is 11.6 Å². The highest BCUT2D eigenvalue weighted by atomic mass is 16.6. The number of nitrogens with one attached hydrogen (secondary N) is 1. The fourth-order valence-electron chi connectivity index (χ4n) is 1.79. The molecule has 0 spiro atoms. The molecule has 0 saturated heterocycles. The number of hydrogen-bond acceptors (Lipinski definition) is 6. The van der Waals surface area contributed by atoms with Crippen molar-refractivity contribution in [3.05, 3.63) is 40.2 Å². The number of carbonyl (C=O) groups excluding carboxylic acids is 1. The summed E-state index contributed by atoms with van der Waals surface area (Å²) in [4.78, 5) is 25.2. The second kappa shape index (κ2) is 6.66. The van der Waals surface area contributed by atoms with Crippen molar-refractivity contribution in [3.8, 4) is 5.75 Å². The van der Waals surface area contributed by atoms with Crippen LogP contribution in [0.25, 0.3) is 0 Å². The second-order valence-corrected chi connectivity index (χ2v) is 4.48. The maximum Gasteiger partial charge on any atom is 0.490 e. The van der Waals surface area contributed by atoms with E-state index in [1.807, 2.05) is 26.0 Å². The minimum absolute atomic E-state index is 0.180. The molecule has 0 aliphatic heterocycles. The molecule has 0 aliphatic rings. The van der Waals surface area contributed by atoms with Crippen LogP contribution in [0.15, 0.2) is 24.5 Å². The second-order valence-electron chi connectivity index (χ2n) is 4.48. The Morgan fingerprint density at radius 2 is 2.27 bits per heavy atom. The van der Waals surface area contributed by atoms with E-state index in [-0.39, 0.29) is 12.5 Å². The number of nitro groups is 1. The maximum absolute atomic E-state index is 12.0. The first-order chi connectivity index (χ1) is 10.5. The predicted octanol–water partition coefficient (Wildman–Crippen LogP) is 1.53. The lowest BCUT2D eigenvalue weighted by atomic mass is 10.2. The lowest BCUT2D eigenvalue weighted by Gasteiger charge is -2.11. The number of benzene rings is 1. The average Bonchev–Trinajstić information content (AvgIpc) is 2.91. The van der Waals surface area contributed by atoms with Gasteiger partial charge in [-0.3, -0.25) is 4.79 Å². The molecule has 116 valence electrons. The van der Waals surface area contributed by atoms with E-state index in [1.165, 1.54) is 0 Å². The summed E-state index contributed by atoms with van der Waals surface area (Å²) in [5.41, 5.74) is 1.54. The van der Waals surface area contributed by atoms with Gasteiger partial charge in [-0.05, 0) is 36.5 Å². The molecule has 0 unspecified atom stereocenters. The normalized spacial score (nSPS) is 10.3. The highest BCUT2D eigenvalue weighted by Gasteiger charge is 2.16. The van der Waals surface area contributed by atoms with Crippen LogP contribution < -0.4 is 10.1 Å². The van der Waals surface area contributed by atoms with Crippen LogP contribution in [0, 0.1) is 17.0 Å². The van der Waals surface area contributed by atoms with Crippen LogP contribution in [-0.4, -0.2) is 32.2 Å². The van der Waals surface area contributed by atoms with Gasteiger partial charge in [0.25, 0.3) is 0 Å². The van der Waals surface area contributed by atoms with Gasteiger partial charge in [-0.1, -0.05) is 11.1 Å². The van der Waals surface area contributed by atoms with Gasteiger partial charge in [0.1, 0.15) is 12.3 Å². The first-order valence-electron chi connectivity index (χ1n) is 6.56. The Kier molecular flexibility index (Phi) is 4.66. The number of ether oxygens (including phenoxy) is 1. The summed E-state index contributed by atoms with van der Waals surface area (Å²) in [5.74, 6) is -0.358. The van der Waals surface area contributed by atoms with Crippen molar-refractivity contribution < 1.29 is 14.5 Å². The Morgan fingerprint density at radius 1 is 1.50 bits per heavy atom. The molecule has 2 rings (SSSR count). The monoisotopic (exact) mass is 305 g/mol. The molecule has 1 heterocycles. The van der Waals surface area contributed by atoms with Gasteiger partial charge >= 0.3 is 5.95 Å². The molecule has 0 bridgehead atoms. The highest BCUT2D eigenvalue weighted by molar-refractivity contribution is 5.92. The van der Waals surface area contributed by atoms with Gasteiger partial charge in [0.15, 0.2) is 0 Å². The molecule has 9 nitrogen and oxygen atoms in total. The minimum Gasteiger partial charge on any atom is -0.492 e. The van der Waals surface area contributed by atoms with Gasteiger partial charge in [-0.2, -0.15) is 4.68 Å². The predicted molar refractivity (Wildman–Crippen MR) is 77.7 cm³/mol. The van der Waals surface area contributed by atoms with Gasteiger partial charge in [0.2, 0.25) is 12.2 Å². The summed E-state index contributed by atoms with van der Waals surface area (Å²) in [6, 6.07) is 5.40. The summed E-state index contributed by atoms with van der Waals surface area (Å²) in [6.07, 6.45) is 1.14. The molecule has 1 amide bonds. The van der Waals surface area contributed by atoms with E-state index in [0.29, 0.717) is 18.0 Å². The third-order valence-electron chi connectivity index (χ3n) is 2.70. The molecule has 0 radical (unpaired) electrons. The zero-order valence-corrected chi connectivity index (χ0v) is 12.1. The van der Waals surface area contributed by atoms with E-state index in [0.717, 1.165) is 16.6 Å². The third kappa shape index (κ3) is 3.78. The molecule has 1 aromatic carbocycles. The summed E-state index contributed by atoms with van der Waals surface area (Å²) in [7, 11) is 0. The first-order valence-corrected chi connectivity index (χ1v) is 6.56. The number of aryl methyl sites for hydroxylation is 1. The lowest BCUT2D eigenvalue weighted by molar-refractivity contribution is -0.394. The first kappa shape index (κ1) is 15.4. The topological polar surface area (TPSA) is 112 Å². The third-order valence-corrected chi connectivity index (χ3v) is 2.70. The van der Waals surface area contributed by atoms with Crippen LogP contribution in [0.5, 0.6) is 5.75 Å². The molecular formula is C13H15N5O4. The van der Waals surface area contributed by atoms with Crippen molar-refractivity contribution in [2.75, 3.05) is 11.9 Å². The van der Waals surface area contributed by atoms with E-state index in [9.17, 15) is 14.9 Å². The number of aromatic nitrogens is 3. The molecule has 0 saturated carbocycles. The van der Waals surface area contributed by atoms with Crippen molar-refractivity contribution in [2.24, 2.45) is 0 Å². The van der Waals surface area contributed by atoms with Crippen LogP contribution in [-0.2, 0) is 11.3 Å². The van der Waals surface area contributed by atoms with E-state index in [2.05, 4.69) is 15.4 Å². The number of rotatable bonds is 6. The zero-order chi connectivity index (χ0) is 16.1. The van der Waals surface area contributed by atoms with Crippen molar-refractivity contribution in [2.45, 2.75) is 20.4 Å². The van der Waals surface area contributed by atoms with Crippen LogP contribution in [0.3, 0.4) is 0 Å². The Hall–Kier alpha value is -2.97. The lowest BCUT2D eigenvalue weighted by Crippen LogP contribution is -2.19. The van der Waals surface area contributed by atoms with Gasteiger partial charge in [-0.25, -0.2) is 0 Å². The highest BCUT2D eigenvalue weighted by Crippen LogP contribution is 2.25. The van der Waals surface area contributed by atoms with E-state index < -0.39 is 10.9 Å². The van der Waals surface area contributed by atoms with E-state index >= 15 is 0 Å². The van der Waals surface area contributed by atoms with Crippen molar-refractivity contribution in [1.82, 2.24) is 14.8 Å². The molecule has 1 aromatic heterocycles. The summed E-state index contributed by atoms with van der Waals surface area (Å²) in [6.45, 7) is 4.06. The molecule has 22 heavy (non-hydrogen) atoms. The number of anilines is 1. The van der Waals surface area contributed by atoms with Crippen molar-refractivity contribution >= 4 is 17.5 Å². The van der Waals surface area contributed by atoms with Gasteiger partial charge in [0.05, 0.1) is 12.3 Å². The van der Waals surface area contributed by atoms with Crippen molar-refractivity contribution in [1.29, 1.82) is 0 Å². The Labute approximate surface area is 126 Å². The van der Waals surface area contributed by atoms with Crippen LogP contribution >= 0.6 is 0 Å². The largest absolute Gasteiger partial charge is 0.492 e. The van der Waals surface area contributed by atoms with Crippen molar-refractivity contribution in [3.63, 3.8) is 0 Å². The Morgan fingerprint density at radius 3 is 2.91 bits per heavy atom.